The highest BCUT2D eigenvalue weighted by Gasteiger charge is 2.27. The van der Waals surface area contributed by atoms with Crippen molar-refractivity contribution in [3.63, 3.8) is 0 Å². The molecular formula is C13H14OS. The van der Waals surface area contributed by atoms with Crippen LogP contribution in [0.25, 0.3) is 0 Å². The maximum absolute atomic E-state index is 10.5. The molecule has 0 saturated carbocycles. The number of hydrogen-bond acceptors (Lipinski definition) is 2. The van der Waals surface area contributed by atoms with Gasteiger partial charge in [-0.25, -0.2) is 0 Å². The molecule has 0 aliphatic carbocycles. The molecule has 0 amide bonds. The monoisotopic (exact) mass is 218 g/mol. The van der Waals surface area contributed by atoms with Gasteiger partial charge in [-0.2, -0.15) is 0 Å². The van der Waals surface area contributed by atoms with Gasteiger partial charge in [0.05, 0.1) is 0 Å². The van der Waals surface area contributed by atoms with Gasteiger partial charge >= 0.3 is 0 Å². The van der Waals surface area contributed by atoms with E-state index in [0.717, 1.165) is 16.0 Å². The lowest BCUT2D eigenvalue weighted by atomic mass is 9.92. The largest absolute Gasteiger partial charge is 0.380 e. The van der Waals surface area contributed by atoms with E-state index in [1.807, 2.05) is 55.6 Å². The molecule has 15 heavy (non-hydrogen) atoms. The second-order valence-electron chi connectivity index (χ2n) is 3.87. The first-order valence-electron chi connectivity index (χ1n) is 4.95. The topological polar surface area (TPSA) is 20.2 Å². The van der Waals surface area contributed by atoms with Crippen LogP contribution in [0.3, 0.4) is 0 Å². The summed E-state index contributed by atoms with van der Waals surface area (Å²) in [7, 11) is 0. The summed E-state index contributed by atoms with van der Waals surface area (Å²) in [6.45, 7) is 3.88. The molecule has 1 heterocycles. The summed E-state index contributed by atoms with van der Waals surface area (Å²) in [6, 6.07) is 11.8. The van der Waals surface area contributed by atoms with Gasteiger partial charge in [0, 0.05) is 4.88 Å². The molecule has 0 radical (unpaired) electrons. The molecule has 2 rings (SSSR count). The van der Waals surface area contributed by atoms with Crippen molar-refractivity contribution in [2.24, 2.45) is 0 Å². The van der Waals surface area contributed by atoms with Crippen LogP contribution in [0.2, 0.25) is 0 Å². The Bertz CT molecular complexity index is 443. The summed E-state index contributed by atoms with van der Waals surface area (Å²) in [5, 5.41) is 12.6. The third kappa shape index (κ3) is 1.83. The van der Waals surface area contributed by atoms with E-state index in [-0.39, 0.29) is 0 Å². The minimum Gasteiger partial charge on any atom is -0.380 e. The van der Waals surface area contributed by atoms with Gasteiger partial charge in [-0.05, 0) is 36.4 Å². The maximum Gasteiger partial charge on any atom is 0.121 e. The average Bonchev–Trinajstić information content (AvgIpc) is 2.66. The molecule has 0 spiro atoms. The summed E-state index contributed by atoms with van der Waals surface area (Å²) in [5.74, 6) is 0. The smallest absolute Gasteiger partial charge is 0.121 e. The van der Waals surface area contributed by atoms with Crippen molar-refractivity contribution in [1.82, 2.24) is 0 Å². The highest BCUT2D eigenvalue weighted by atomic mass is 32.1. The summed E-state index contributed by atoms with van der Waals surface area (Å²) in [5.41, 5.74) is 1.21. The van der Waals surface area contributed by atoms with E-state index in [2.05, 4.69) is 0 Å². The summed E-state index contributed by atoms with van der Waals surface area (Å²) < 4.78 is 0. The molecule has 0 fully saturated rings. The first-order chi connectivity index (χ1) is 7.12. The fourth-order valence-corrected chi connectivity index (χ4v) is 2.77. The number of thiophene rings is 1. The van der Waals surface area contributed by atoms with Gasteiger partial charge in [0.15, 0.2) is 0 Å². The molecule has 1 N–H and O–H groups in total. The molecule has 0 bridgehead atoms. The van der Waals surface area contributed by atoms with E-state index in [1.54, 1.807) is 11.3 Å². The zero-order valence-electron chi connectivity index (χ0n) is 8.90. The lowest BCUT2D eigenvalue weighted by Crippen LogP contribution is -2.22. The van der Waals surface area contributed by atoms with E-state index < -0.39 is 5.60 Å². The van der Waals surface area contributed by atoms with Crippen LogP contribution in [0.1, 0.15) is 22.9 Å². The summed E-state index contributed by atoms with van der Waals surface area (Å²) in [4.78, 5) is 1.02. The highest BCUT2D eigenvalue weighted by molar-refractivity contribution is 7.10. The van der Waals surface area contributed by atoms with Gasteiger partial charge in [0.2, 0.25) is 0 Å². The minimum absolute atomic E-state index is 0.875. The Hall–Kier alpha value is -1.12. The van der Waals surface area contributed by atoms with Crippen LogP contribution in [-0.2, 0) is 5.60 Å². The fraction of sp³-hybridized carbons (Fsp3) is 0.231. The quantitative estimate of drug-likeness (QED) is 0.820. The van der Waals surface area contributed by atoms with E-state index >= 15 is 0 Å². The highest BCUT2D eigenvalue weighted by Crippen LogP contribution is 2.34. The van der Waals surface area contributed by atoms with Gasteiger partial charge in [0.1, 0.15) is 5.60 Å². The lowest BCUT2D eigenvalue weighted by molar-refractivity contribution is 0.106. The Labute approximate surface area is 94.0 Å². The lowest BCUT2D eigenvalue weighted by Gasteiger charge is -2.23. The van der Waals surface area contributed by atoms with Crippen LogP contribution in [-0.4, -0.2) is 5.11 Å². The first kappa shape index (κ1) is 10.4. The average molecular weight is 218 g/mol. The fourth-order valence-electron chi connectivity index (χ4n) is 1.77. The van der Waals surface area contributed by atoms with Crippen molar-refractivity contribution in [1.29, 1.82) is 0 Å². The normalized spacial score (nSPS) is 14.9. The molecule has 1 atom stereocenters. The van der Waals surface area contributed by atoms with E-state index in [9.17, 15) is 5.11 Å². The van der Waals surface area contributed by atoms with E-state index in [4.69, 9.17) is 0 Å². The Morgan fingerprint density at radius 2 is 1.80 bits per heavy atom. The number of aliphatic hydroxyl groups is 1. The molecular weight excluding hydrogens is 204 g/mol. The van der Waals surface area contributed by atoms with Crippen LogP contribution in [0.4, 0.5) is 0 Å². The van der Waals surface area contributed by atoms with Crippen LogP contribution in [0.15, 0.2) is 41.8 Å². The van der Waals surface area contributed by atoms with Crippen molar-refractivity contribution in [2.75, 3.05) is 0 Å². The zero-order chi connectivity index (χ0) is 10.9. The number of hydrogen-bond donors (Lipinski definition) is 1. The van der Waals surface area contributed by atoms with E-state index in [1.165, 1.54) is 0 Å². The van der Waals surface area contributed by atoms with Crippen LogP contribution in [0.5, 0.6) is 0 Å². The number of benzene rings is 1. The van der Waals surface area contributed by atoms with Crippen molar-refractivity contribution < 1.29 is 5.11 Å². The zero-order valence-corrected chi connectivity index (χ0v) is 9.71. The summed E-state index contributed by atoms with van der Waals surface area (Å²) >= 11 is 1.60. The third-order valence-electron chi connectivity index (χ3n) is 2.64. The molecule has 78 valence electrons. The maximum atomic E-state index is 10.5. The second-order valence-corrected chi connectivity index (χ2v) is 4.79. The van der Waals surface area contributed by atoms with Gasteiger partial charge in [-0.3, -0.25) is 0 Å². The molecule has 0 aliphatic heterocycles. The molecule has 0 saturated heterocycles. The van der Waals surface area contributed by atoms with Crippen molar-refractivity contribution in [2.45, 2.75) is 19.4 Å². The summed E-state index contributed by atoms with van der Waals surface area (Å²) in [6.07, 6.45) is 0. The Balaban J connectivity index is 2.48. The van der Waals surface area contributed by atoms with Crippen molar-refractivity contribution in [3.05, 3.63) is 57.8 Å². The van der Waals surface area contributed by atoms with Crippen LogP contribution in [0, 0.1) is 6.92 Å². The second kappa shape index (κ2) is 3.80. The molecule has 0 aliphatic rings. The first-order valence-corrected chi connectivity index (χ1v) is 5.83. The Kier molecular flexibility index (Phi) is 2.63. The van der Waals surface area contributed by atoms with Crippen LogP contribution < -0.4 is 0 Å². The third-order valence-corrected chi connectivity index (χ3v) is 3.87. The Morgan fingerprint density at radius 3 is 2.33 bits per heavy atom. The standard InChI is InChI=1S/C13H14OS/c1-10-8-9-15-12(10)13(2,14)11-6-4-3-5-7-11/h3-9,14H,1-2H3. The van der Waals surface area contributed by atoms with Crippen LogP contribution >= 0.6 is 11.3 Å². The number of aryl methyl sites for hydroxylation is 1. The molecule has 1 aromatic heterocycles. The van der Waals surface area contributed by atoms with Crippen molar-refractivity contribution in [3.8, 4) is 0 Å². The molecule has 2 aromatic rings. The molecule has 1 nitrogen and oxygen atoms in total. The van der Waals surface area contributed by atoms with Gasteiger partial charge in [0.25, 0.3) is 0 Å². The minimum atomic E-state index is -0.875. The van der Waals surface area contributed by atoms with Gasteiger partial charge in [-0.15, -0.1) is 11.3 Å². The van der Waals surface area contributed by atoms with E-state index in [0.29, 0.717) is 0 Å². The predicted molar refractivity (Wildman–Crippen MR) is 64.2 cm³/mol. The number of rotatable bonds is 2. The molecule has 2 heteroatoms. The SMILES string of the molecule is Cc1ccsc1C(C)(O)c1ccccc1. The predicted octanol–water partition coefficient (Wildman–Crippen LogP) is 3.31. The van der Waals surface area contributed by atoms with Gasteiger partial charge < -0.3 is 5.11 Å². The van der Waals surface area contributed by atoms with Gasteiger partial charge in [-0.1, -0.05) is 30.3 Å². The molecule has 1 unspecified atom stereocenters. The van der Waals surface area contributed by atoms with Crippen molar-refractivity contribution >= 4 is 11.3 Å². The Morgan fingerprint density at radius 1 is 1.13 bits per heavy atom. The molecule has 1 aromatic carbocycles.